The summed E-state index contributed by atoms with van der Waals surface area (Å²) >= 11 is 5.81. The van der Waals surface area contributed by atoms with E-state index in [4.69, 9.17) is 22.1 Å². The van der Waals surface area contributed by atoms with E-state index in [1.165, 1.54) is 0 Å². The Kier molecular flexibility index (Phi) is 1.73. The summed E-state index contributed by atoms with van der Waals surface area (Å²) in [6.07, 6.45) is 0. The molecule has 1 aromatic rings. The van der Waals surface area contributed by atoms with Gasteiger partial charge in [-0.1, -0.05) is 11.6 Å². The molecule has 1 aromatic carbocycles. The predicted octanol–water partition coefficient (Wildman–Crippen LogP) is 1.73. The Morgan fingerprint density at radius 2 is 2.33 bits per heavy atom. The molecule has 0 amide bonds. The van der Waals surface area contributed by atoms with Crippen LogP contribution in [0.1, 0.15) is 0 Å². The lowest BCUT2D eigenvalue weighted by molar-refractivity contribution is 0.325. The summed E-state index contributed by atoms with van der Waals surface area (Å²) in [6.45, 7) is 1.45. The van der Waals surface area contributed by atoms with Crippen molar-refractivity contribution in [2.24, 2.45) is 0 Å². The molecule has 0 fully saturated rings. The van der Waals surface area contributed by atoms with Gasteiger partial charge in [0.2, 0.25) is 0 Å². The quantitative estimate of drug-likeness (QED) is 0.604. The number of ether oxygens (including phenoxy) is 1. The molecule has 0 aromatic heterocycles. The fourth-order valence-electron chi connectivity index (χ4n) is 1.25. The summed E-state index contributed by atoms with van der Waals surface area (Å²) in [6, 6.07) is 3.50. The monoisotopic (exact) mass is 184 g/mol. The van der Waals surface area contributed by atoms with Crippen molar-refractivity contribution in [3.63, 3.8) is 0 Å². The van der Waals surface area contributed by atoms with Gasteiger partial charge < -0.3 is 15.8 Å². The Balaban J connectivity index is 2.53. The van der Waals surface area contributed by atoms with Crippen molar-refractivity contribution in [3.8, 4) is 5.75 Å². The van der Waals surface area contributed by atoms with Crippen LogP contribution in [0.5, 0.6) is 5.75 Å². The third-order valence-corrected chi connectivity index (χ3v) is 1.96. The first-order chi connectivity index (χ1) is 5.77. The molecule has 3 nitrogen and oxygen atoms in total. The zero-order chi connectivity index (χ0) is 8.55. The van der Waals surface area contributed by atoms with Crippen LogP contribution in [-0.4, -0.2) is 13.2 Å². The van der Waals surface area contributed by atoms with Crippen LogP contribution in [0.3, 0.4) is 0 Å². The number of halogens is 1. The van der Waals surface area contributed by atoms with Crippen molar-refractivity contribution in [2.45, 2.75) is 0 Å². The summed E-state index contributed by atoms with van der Waals surface area (Å²) in [5, 5.41) is 3.78. The number of nitrogen functional groups attached to an aromatic ring is 1. The highest BCUT2D eigenvalue weighted by atomic mass is 35.5. The summed E-state index contributed by atoms with van der Waals surface area (Å²) in [5.74, 6) is 0.714. The second kappa shape index (κ2) is 2.75. The molecular formula is C8H9ClN2O. The Labute approximate surface area is 75.5 Å². The number of hydrogen-bond acceptors (Lipinski definition) is 3. The number of anilines is 2. The van der Waals surface area contributed by atoms with Crippen LogP contribution in [0.15, 0.2) is 12.1 Å². The van der Waals surface area contributed by atoms with E-state index in [1.54, 1.807) is 6.07 Å². The van der Waals surface area contributed by atoms with Gasteiger partial charge in [0.1, 0.15) is 6.61 Å². The number of rotatable bonds is 0. The van der Waals surface area contributed by atoms with Crippen LogP contribution in [0.4, 0.5) is 11.4 Å². The van der Waals surface area contributed by atoms with Gasteiger partial charge in [-0.3, -0.25) is 0 Å². The lowest BCUT2D eigenvalue weighted by atomic mass is 10.2. The lowest BCUT2D eigenvalue weighted by Gasteiger charge is -2.20. The van der Waals surface area contributed by atoms with Gasteiger partial charge in [-0.2, -0.15) is 0 Å². The molecule has 2 rings (SSSR count). The van der Waals surface area contributed by atoms with E-state index in [9.17, 15) is 0 Å². The maximum absolute atomic E-state index is 5.81. The average molecular weight is 185 g/mol. The van der Waals surface area contributed by atoms with E-state index in [0.717, 1.165) is 12.2 Å². The number of nitrogens with two attached hydrogens (primary N) is 1. The first kappa shape index (κ1) is 7.55. The molecule has 12 heavy (non-hydrogen) atoms. The Morgan fingerprint density at radius 1 is 1.50 bits per heavy atom. The highest BCUT2D eigenvalue weighted by Crippen LogP contribution is 2.36. The molecule has 0 radical (unpaired) electrons. The van der Waals surface area contributed by atoms with Gasteiger partial charge in [0.15, 0.2) is 5.75 Å². The van der Waals surface area contributed by atoms with E-state index in [1.807, 2.05) is 6.07 Å². The molecule has 1 aliphatic heterocycles. The first-order valence-electron chi connectivity index (χ1n) is 3.73. The van der Waals surface area contributed by atoms with E-state index in [-0.39, 0.29) is 0 Å². The Hall–Kier alpha value is -1.09. The molecule has 1 aliphatic rings. The van der Waals surface area contributed by atoms with Crippen LogP contribution in [0.25, 0.3) is 0 Å². The summed E-state index contributed by atoms with van der Waals surface area (Å²) in [7, 11) is 0. The van der Waals surface area contributed by atoms with Crippen LogP contribution in [-0.2, 0) is 0 Å². The van der Waals surface area contributed by atoms with Gasteiger partial charge in [-0.15, -0.1) is 0 Å². The topological polar surface area (TPSA) is 47.3 Å². The predicted molar refractivity (Wildman–Crippen MR) is 49.8 cm³/mol. The number of benzene rings is 1. The molecule has 3 N–H and O–H groups in total. The standard InChI is InChI=1S/C8H9ClN2O/c9-5-3-6(10)8-7(4-5)11-1-2-12-8/h3-4,11H,1-2,10H2. The maximum atomic E-state index is 5.81. The fraction of sp³-hybridized carbons (Fsp3) is 0.250. The van der Waals surface area contributed by atoms with Crippen molar-refractivity contribution in [1.82, 2.24) is 0 Å². The molecule has 0 unspecified atom stereocenters. The molecule has 0 bridgehead atoms. The minimum absolute atomic E-state index is 0.588. The van der Waals surface area contributed by atoms with Gasteiger partial charge in [0, 0.05) is 11.6 Å². The molecular weight excluding hydrogens is 176 g/mol. The normalized spacial score (nSPS) is 14.4. The zero-order valence-electron chi connectivity index (χ0n) is 6.43. The lowest BCUT2D eigenvalue weighted by Crippen LogP contribution is -2.18. The first-order valence-corrected chi connectivity index (χ1v) is 4.11. The van der Waals surface area contributed by atoms with Gasteiger partial charge >= 0.3 is 0 Å². The van der Waals surface area contributed by atoms with Gasteiger partial charge in [-0.05, 0) is 12.1 Å². The SMILES string of the molecule is Nc1cc(Cl)cc2c1OCCN2. The van der Waals surface area contributed by atoms with Crippen molar-refractivity contribution in [3.05, 3.63) is 17.2 Å². The molecule has 0 atom stereocenters. The Morgan fingerprint density at radius 3 is 3.17 bits per heavy atom. The van der Waals surface area contributed by atoms with Crippen molar-refractivity contribution < 1.29 is 4.74 Å². The largest absolute Gasteiger partial charge is 0.487 e. The molecule has 4 heteroatoms. The smallest absolute Gasteiger partial charge is 0.165 e. The van der Waals surface area contributed by atoms with Crippen molar-refractivity contribution >= 4 is 23.0 Å². The minimum atomic E-state index is 0.588. The molecule has 1 heterocycles. The third kappa shape index (κ3) is 1.16. The molecule has 0 saturated carbocycles. The van der Waals surface area contributed by atoms with Crippen LogP contribution in [0, 0.1) is 0 Å². The Bertz CT molecular complexity index is 314. The molecule has 0 saturated heterocycles. The third-order valence-electron chi connectivity index (χ3n) is 1.75. The van der Waals surface area contributed by atoms with Gasteiger partial charge in [-0.25, -0.2) is 0 Å². The molecule has 0 spiro atoms. The summed E-state index contributed by atoms with van der Waals surface area (Å²) in [4.78, 5) is 0. The highest BCUT2D eigenvalue weighted by molar-refractivity contribution is 6.31. The van der Waals surface area contributed by atoms with E-state index < -0.39 is 0 Å². The maximum Gasteiger partial charge on any atom is 0.165 e. The van der Waals surface area contributed by atoms with Crippen LogP contribution < -0.4 is 15.8 Å². The second-order valence-corrected chi connectivity index (χ2v) is 3.08. The van der Waals surface area contributed by atoms with E-state index in [2.05, 4.69) is 5.32 Å². The van der Waals surface area contributed by atoms with E-state index in [0.29, 0.717) is 23.1 Å². The number of hydrogen-bond donors (Lipinski definition) is 2. The van der Waals surface area contributed by atoms with Crippen LogP contribution in [0.2, 0.25) is 5.02 Å². The average Bonchev–Trinajstić information content (AvgIpc) is 2.04. The van der Waals surface area contributed by atoms with Crippen molar-refractivity contribution in [1.29, 1.82) is 0 Å². The van der Waals surface area contributed by atoms with Crippen molar-refractivity contribution in [2.75, 3.05) is 24.2 Å². The number of nitrogens with one attached hydrogen (secondary N) is 1. The highest BCUT2D eigenvalue weighted by Gasteiger charge is 2.13. The summed E-state index contributed by atoms with van der Waals surface area (Å²) in [5.41, 5.74) is 7.16. The van der Waals surface area contributed by atoms with E-state index >= 15 is 0 Å². The number of fused-ring (bicyclic) bond motifs is 1. The summed E-state index contributed by atoms with van der Waals surface area (Å²) < 4.78 is 5.36. The second-order valence-electron chi connectivity index (χ2n) is 2.65. The van der Waals surface area contributed by atoms with Gasteiger partial charge in [0.25, 0.3) is 0 Å². The fourth-order valence-corrected chi connectivity index (χ4v) is 1.47. The van der Waals surface area contributed by atoms with Crippen LogP contribution >= 0.6 is 11.6 Å². The molecule has 64 valence electrons. The van der Waals surface area contributed by atoms with Gasteiger partial charge in [0.05, 0.1) is 11.4 Å². The zero-order valence-corrected chi connectivity index (χ0v) is 7.19. The molecule has 0 aliphatic carbocycles. The minimum Gasteiger partial charge on any atom is -0.487 e.